The molecule has 2 aliphatic heterocycles. The van der Waals surface area contributed by atoms with Crippen LogP contribution < -0.4 is 0 Å². The Morgan fingerprint density at radius 1 is 0.818 bits per heavy atom. The fourth-order valence-electron chi connectivity index (χ4n) is 4.76. The van der Waals surface area contributed by atoms with E-state index in [1.54, 1.807) is 6.07 Å². The van der Waals surface area contributed by atoms with E-state index in [0.29, 0.717) is 11.1 Å². The number of phenolic OH excluding ortho intramolecular Hbond substituents is 4. The summed E-state index contributed by atoms with van der Waals surface area (Å²) in [5, 5.41) is 90.5. The predicted octanol–water partition coefficient (Wildman–Crippen LogP) is -1.02. The van der Waals surface area contributed by atoms with Crippen LogP contribution in [0.1, 0.15) is 18.1 Å². The van der Waals surface area contributed by atoms with Crippen molar-refractivity contribution in [2.24, 2.45) is 0 Å². The molecule has 0 aromatic heterocycles. The van der Waals surface area contributed by atoms with Crippen LogP contribution in [0.25, 0.3) is 6.08 Å². The molecule has 0 aliphatic carbocycles. The summed E-state index contributed by atoms with van der Waals surface area (Å²) in [5.74, 6) is -2.40. The SMILES string of the molecule is C[C@@H]1O[C@@H](O[C@@H]2[C@@H](O)[C@H](OCCc3ccc(O)c(O)c3)O[C@H](CO)[C@H]2OC(=O)C=Cc2ccc(O)c(O)c2)[C@H](O)[C@H](O)[C@H]1O. The molecular formula is C29H36O15. The molecule has 0 amide bonds. The third kappa shape index (κ3) is 7.76. The molecule has 2 heterocycles. The van der Waals surface area contributed by atoms with E-state index in [1.165, 1.54) is 43.3 Å². The summed E-state index contributed by atoms with van der Waals surface area (Å²) in [4.78, 5) is 12.8. The van der Waals surface area contributed by atoms with E-state index in [1.807, 2.05) is 0 Å². The highest BCUT2D eigenvalue weighted by Gasteiger charge is 2.52. The first-order valence-corrected chi connectivity index (χ1v) is 13.7. The van der Waals surface area contributed by atoms with Gasteiger partial charge >= 0.3 is 5.97 Å². The Kier molecular flexibility index (Phi) is 11.0. The zero-order chi connectivity index (χ0) is 32.1. The van der Waals surface area contributed by atoms with E-state index in [4.69, 9.17) is 23.7 Å². The largest absolute Gasteiger partial charge is 0.504 e. The van der Waals surface area contributed by atoms with Crippen LogP contribution in [0.5, 0.6) is 23.0 Å². The van der Waals surface area contributed by atoms with E-state index in [0.717, 1.165) is 6.08 Å². The Balaban J connectivity index is 1.52. The maximum absolute atomic E-state index is 12.8. The van der Waals surface area contributed by atoms with Crippen LogP contribution in [0.3, 0.4) is 0 Å². The van der Waals surface area contributed by atoms with Gasteiger partial charge < -0.3 is 69.6 Å². The predicted molar refractivity (Wildman–Crippen MR) is 147 cm³/mol. The van der Waals surface area contributed by atoms with Crippen LogP contribution >= 0.6 is 0 Å². The number of aromatic hydroxyl groups is 4. The number of aliphatic hydroxyl groups is 5. The molecule has 44 heavy (non-hydrogen) atoms. The molecule has 2 fully saturated rings. The first-order chi connectivity index (χ1) is 20.9. The molecule has 4 rings (SSSR count). The molecule has 0 radical (unpaired) electrons. The minimum Gasteiger partial charge on any atom is -0.504 e. The average Bonchev–Trinajstić information content (AvgIpc) is 2.99. The molecule has 15 heteroatoms. The lowest BCUT2D eigenvalue weighted by Crippen LogP contribution is -2.65. The molecule has 9 N–H and O–H groups in total. The van der Waals surface area contributed by atoms with Gasteiger partial charge in [-0.15, -0.1) is 0 Å². The van der Waals surface area contributed by atoms with Gasteiger partial charge in [0.05, 0.1) is 19.3 Å². The monoisotopic (exact) mass is 624 g/mol. The van der Waals surface area contributed by atoms with Gasteiger partial charge in [0.15, 0.2) is 41.7 Å². The van der Waals surface area contributed by atoms with Crippen LogP contribution in [0.4, 0.5) is 0 Å². The zero-order valence-corrected chi connectivity index (χ0v) is 23.5. The highest BCUT2D eigenvalue weighted by molar-refractivity contribution is 5.87. The lowest BCUT2D eigenvalue weighted by Gasteiger charge is -2.46. The van der Waals surface area contributed by atoms with Crippen molar-refractivity contribution in [1.82, 2.24) is 0 Å². The molecule has 0 bridgehead atoms. The van der Waals surface area contributed by atoms with Crippen LogP contribution in [0, 0.1) is 0 Å². The van der Waals surface area contributed by atoms with Gasteiger partial charge in [-0.25, -0.2) is 4.79 Å². The van der Waals surface area contributed by atoms with Crippen LogP contribution in [0.15, 0.2) is 42.5 Å². The number of phenols is 4. The van der Waals surface area contributed by atoms with Gasteiger partial charge in [0.1, 0.15) is 36.6 Å². The molecule has 2 aromatic carbocycles. The minimum absolute atomic E-state index is 0.0754. The fraction of sp³-hybridized carbons (Fsp3) is 0.483. The molecule has 0 spiro atoms. The second kappa shape index (κ2) is 14.5. The summed E-state index contributed by atoms with van der Waals surface area (Å²) in [6.45, 7) is 0.606. The van der Waals surface area contributed by atoms with Gasteiger partial charge in [0, 0.05) is 6.08 Å². The maximum atomic E-state index is 12.8. The number of aliphatic hydroxyl groups excluding tert-OH is 5. The molecule has 0 unspecified atom stereocenters. The van der Waals surface area contributed by atoms with Crippen LogP contribution in [-0.4, -0.2) is 127 Å². The van der Waals surface area contributed by atoms with Crippen LogP contribution in [0.2, 0.25) is 0 Å². The highest BCUT2D eigenvalue weighted by atomic mass is 16.7. The Bertz CT molecular complexity index is 1300. The topological polar surface area (TPSA) is 245 Å². The van der Waals surface area contributed by atoms with Gasteiger partial charge in [-0.3, -0.25) is 0 Å². The van der Waals surface area contributed by atoms with E-state index in [-0.39, 0.29) is 30.3 Å². The van der Waals surface area contributed by atoms with E-state index < -0.39 is 79.7 Å². The Morgan fingerprint density at radius 3 is 2.16 bits per heavy atom. The lowest BCUT2D eigenvalue weighted by molar-refractivity contribution is -0.357. The second-order valence-electron chi connectivity index (χ2n) is 10.4. The van der Waals surface area contributed by atoms with Crippen molar-refractivity contribution >= 4 is 12.0 Å². The molecule has 10 atom stereocenters. The molecule has 2 saturated heterocycles. The number of hydrogen-bond donors (Lipinski definition) is 9. The van der Waals surface area contributed by atoms with Crippen molar-refractivity contribution in [2.75, 3.05) is 13.2 Å². The smallest absolute Gasteiger partial charge is 0.331 e. The van der Waals surface area contributed by atoms with Gasteiger partial charge in [0.25, 0.3) is 0 Å². The van der Waals surface area contributed by atoms with E-state index in [2.05, 4.69) is 0 Å². The lowest BCUT2D eigenvalue weighted by atomic mass is 9.97. The summed E-state index contributed by atoms with van der Waals surface area (Å²) in [5.41, 5.74) is 0.914. The Morgan fingerprint density at radius 2 is 1.50 bits per heavy atom. The number of carbonyl (C=O) groups is 1. The summed E-state index contributed by atoms with van der Waals surface area (Å²) >= 11 is 0. The molecule has 242 valence electrons. The van der Waals surface area contributed by atoms with Gasteiger partial charge in [-0.05, 0) is 54.8 Å². The van der Waals surface area contributed by atoms with Crippen molar-refractivity contribution in [3.05, 3.63) is 53.6 Å². The number of esters is 1. The van der Waals surface area contributed by atoms with E-state index >= 15 is 0 Å². The third-order valence-corrected chi connectivity index (χ3v) is 7.27. The quantitative estimate of drug-likeness (QED) is 0.0873. The molecule has 2 aromatic rings. The minimum atomic E-state index is -1.77. The van der Waals surface area contributed by atoms with Crippen molar-refractivity contribution in [3.63, 3.8) is 0 Å². The van der Waals surface area contributed by atoms with Gasteiger partial charge in [-0.2, -0.15) is 0 Å². The molecule has 15 nitrogen and oxygen atoms in total. The average molecular weight is 625 g/mol. The Hall–Kier alpha value is -3.51. The number of rotatable bonds is 10. The fourth-order valence-corrected chi connectivity index (χ4v) is 4.76. The normalized spacial score (nSPS) is 32.5. The number of carbonyl (C=O) groups excluding carboxylic acids is 1. The molecular weight excluding hydrogens is 588 g/mol. The van der Waals surface area contributed by atoms with Gasteiger partial charge in [0.2, 0.25) is 0 Å². The highest BCUT2D eigenvalue weighted by Crippen LogP contribution is 2.32. The van der Waals surface area contributed by atoms with Crippen LogP contribution in [-0.2, 0) is 34.9 Å². The zero-order valence-electron chi connectivity index (χ0n) is 23.5. The summed E-state index contributed by atoms with van der Waals surface area (Å²) in [6.07, 6.45) is -12.6. The number of ether oxygens (including phenoxy) is 5. The van der Waals surface area contributed by atoms with Gasteiger partial charge in [-0.1, -0.05) is 12.1 Å². The van der Waals surface area contributed by atoms with E-state index in [9.17, 15) is 50.8 Å². The first-order valence-electron chi connectivity index (χ1n) is 13.7. The van der Waals surface area contributed by atoms with Crippen molar-refractivity contribution in [2.45, 2.75) is 74.8 Å². The summed E-state index contributed by atoms with van der Waals surface area (Å²) in [7, 11) is 0. The summed E-state index contributed by atoms with van der Waals surface area (Å²) in [6, 6.07) is 7.98. The Labute approximate surface area is 251 Å². The number of hydrogen-bond acceptors (Lipinski definition) is 15. The third-order valence-electron chi connectivity index (χ3n) is 7.27. The molecule has 0 saturated carbocycles. The standard InChI is InChI=1S/C29H36O15/c1-13-22(36)23(37)24(38)29(41-13)44-27-25(39)28(40-9-8-15-3-6-17(32)19(34)11-15)42-20(12-30)26(27)43-21(35)7-4-14-2-5-16(31)18(33)10-14/h2-7,10-11,13,20,22-34,36-39H,8-9,12H2,1H3/t13-,20+,22-,23+,24+,25+,26+,27+,28+,29-/m0/s1. The number of benzene rings is 2. The summed E-state index contributed by atoms with van der Waals surface area (Å²) < 4.78 is 28.2. The first kappa shape index (κ1) is 33.4. The molecule has 2 aliphatic rings. The second-order valence-corrected chi connectivity index (χ2v) is 10.4. The van der Waals surface area contributed by atoms with Crippen molar-refractivity contribution in [1.29, 1.82) is 0 Å². The maximum Gasteiger partial charge on any atom is 0.331 e. The van der Waals surface area contributed by atoms with Crippen molar-refractivity contribution < 1.29 is 74.4 Å². The van der Waals surface area contributed by atoms with Crippen molar-refractivity contribution in [3.8, 4) is 23.0 Å².